The monoisotopic (exact) mass is 403 g/mol. The summed E-state index contributed by atoms with van der Waals surface area (Å²) >= 11 is 5.92. The maximum atomic E-state index is 12.6. The Morgan fingerprint density at radius 2 is 1.66 bits per heavy atom. The van der Waals surface area contributed by atoms with Gasteiger partial charge in [0.05, 0.1) is 23.5 Å². The van der Waals surface area contributed by atoms with Crippen LogP contribution in [0.3, 0.4) is 0 Å². The lowest BCUT2D eigenvalue weighted by molar-refractivity contribution is -0.121. The zero-order chi connectivity index (χ0) is 20.2. The highest BCUT2D eigenvalue weighted by Gasteiger charge is 2.18. The van der Waals surface area contributed by atoms with Gasteiger partial charge in [-0.25, -0.2) is 4.98 Å². The van der Waals surface area contributed by atoms with Crippen molar-refractivity contribution in [1.29, 1.82) is 0 Å². The molecule has 1 atom stereocenters. The second-order valence-corrected chi connectivity index (χ2v) is 7.56. The first-order chi connectivity index (χ1) is 14.1. The number of aromatic nitrogens is 2. The topological polar surface area (TPSA) is 46.9 Å². The van der Waals surface area contributed by atoms with Crippen LogP contribution in [0.2, 0.25) is 5.02 Å². The van der Waals surface area contributed by atoms with Gasteiger partial charge in [-0.15, -0.1) is 0 Å². The first kappa shape index (κ1) is 19.2. The number of hydrogen-bond donors (Lipinski definition) is 1. The molecule has 1 unspecified atom stereocenters. The summed E-state index contributed by atoms with van der Waals surface area (Å²) in [6.45, 7) is 2.68. The van der Waals surface area contributed by atoms with Crippen LogP contribution in [0, 0.1) is 0 Å². The molecule has 5 heteroatoms. The molecule has 4 nitrogen and oxygen atoms in total. The molecule has 146 valence electrons. The fraction of sp³-hybridized carbons (Fsp3) is 0.167. The number of carbonyl (C=O) groups is 1. The van der Waals surface area contributed by atoms with E-state index in [0.717, 1.165) is 22.4 Å². The quantitative estimate of drug-likeness (QED) is 0.483. The molecule has 3 aromatic carbocycles. The van der Waals surface area contributed by atoms with Crippen molar-refractivity contribution < 1.29 is 4.79 Å². The van der Waals surface area contributed by atoms with Crippen LogP contribution in [-0.2, 0) is 17.8 Å². The molecule has 0 aliphatic heterocycles. The molecule has 4 rings (SSSR count). The predicted molar refractivity (Wildman–Crippen MR) is 117 cm³/mol. The fourth-order valence-electron chi connectivity index (χ4n) is 3.50. The number of amides is 1. The van der Waals surface area contributed by atoms with E-state index in [-0.39, 0.29) is 11.9 Å². The molecule has 1 heterocycles. The molecular formula is C24H22ClN3O. The second kappa shape index (κ2) is 8.50. The molecule has 0 spiro atoms. The molecule has 4 aromatic rings. The Bertz CT molecular complexity index is 1120. The van der Waals surface area contributed by atoms with Gasteiger partial charge in [-0.2, -0.15) is 0 Å². The highest BCUT2D eigenvalue weighted by molar-refractivity contribution is 6.30. The van der Waals surface area contributed by atoms with Crippen LogP contribution in [0.25, 0.3) is 11.0 Å². The molecule has 1 N–H and O–H groups in total. The minimum atomic E-state index is -0.217. The maximum Gasteiger partial charge on any atom is 0.224 e. The largest absolute Gasteiger partial charge is 0.346 e. The van der Waals surface area contributed by atoms with E-state index in [0.29, 0.717) is 18.0 Å². The van der Waals surface area contributed by atoms with Gasteiger partial charge in [0.1, 0.15) is 5.82 Å². The van der Waals surface area contributed by atoms with Crippen molar-refractivity contribution in [2.24, 2.45) is 0 Å². The summed E-state index contributed by atoms with van der Waals surface area (Å²) in [4.78, 5) is 17.4. The summed E-state index contributed by atoms with van der Waals surface area (Å²) in [7, 11) is 0. The van der Waals surface area contributed by atoms with Crippen molar-refractivity contribution in [2.75, 3.05) is 0 Å². The molecule has 29 heavy (non-hydrogen) atoms. The van der Waals surface area contributed by atoms with E-state index in [1.165, 1.54) is 5.56 Å². The Morgan fingerprint density at radius 3 is 2.41 bits per heavy atom. The summed E-state index contributed by atoms with van der Waals surface area (Å²) in [5, 5.41) is 3.76. The summed E-state index contributed by atoms with van der Waals surface area (Å²) < 4.78 is 2.18. The Balaban J connectivity index is 1.58. The lowest BCUT2D eigenvalue weighted by Crippen LogP contribution is -2.30. The van der Waals surface area contributed by atoms with Crippen LogP contribution in [0.5, 0.6) is 0 Å². The summed E-state index contributed by atoms with van der Waals surface area (Å²) in [6.07, 6.45) is 0.306. The van der Waals surface area contributed by atoms with Crippen molar-refractivity contribution in [3.05, 3.63) is 101 Å². The SMILES string of the molecule is CC(NC(=O)Cc1ccc(Cl)cc1)c1nc2ccccc2n1Cc1ccccc1. The van der Waals surface area contributed by atoms with E-state index in [9.17, 15) is 4.79 Å². The van der Waals surface area contributed by atoms with Crippen molar-refractivity contribution in [3.63, 3.8) is 0 Å². The molecule has 0 bridgehead atoms. The van der Waals surface area contributed by atoms with Crippen LogP contribution >= 0.6 is 11.6 Å². The smallest absolute Gasteiger partial charge is 0.224 e. The number of halogens is 1. The Morgan fingerprint density at radius 1 is 0.966 bits per heavy atom. The number of rotatable bonds is 6. The summed E-state index contributed by atoms with van der Waals surface area (Å²) in [5.74, 6) is 0.803. The van der Waals surface area contributed by atoms with Crippen molar-refractivity contribution >= 4 is 28.5 Å². The first-order valence-electron chi connectivity index (χ1n) is 9.63. The van der Waals surface area contributed by atoms with Crippen molar-refractivity contribution in [1.82, 2.24) is 14.9 Å². The van der Waals surface area contributed by atoms with E-state index < -0.39 is 0 Å². The highest BCUT2D eigenvalue weighted by Crippen LogP contribution is 2.22. The van der Waals surface area contributed by atoms with Gasteiger partial charge in [-0.3, -0.25) is 4.79 Å². The van der Waals surface area contributed by atoms with Gasteiger partial charge in [0.25, 0.3) is 0 Å². The Hall–Kier alpha value is -3.11. The normalized spacial score (nSPS) is 12.1. The minimum absolute atomic E-state index is 0.0434. The van der Waals surface area contributed by atoms with Crippen molar-refractivity contribution in [2.45, 2.75) is 25.9 Å². The fourth-order valence-corrected chi connectivity index (χ4v) is 3.63. The van der Waals surface area contributed by atoms with E-state index >= 15 is 0 Å². The molecule has 0 fully saturated rings. The van der Waals surface area contributed by atoms with E-state index in [1.807, 2.05) is 55.5 Å². The van der Waals surface area contributed by atoms with Crippen LogP contribution in [-0.4, -0.2) is 15.5 Å². The number of fused-ring (bicyclic) bond motifs is 1. The number of benzene rings is 3. The third-order valence-electron chi connectivity index (χ3n) is 4.91. The third kappa shape index (κ3) is 4.49. The molecule has 0 aliphatic carbocycles. The highest BCUT2D eigenvalue weighted by atomic mass is 35.5. The molecule has 1 amide bonds. The Kier molecular flexibility index (Phi) is 5.63. The number of carbonyl (C=O) groups excluding carboxylic acids is 1. The molecular weight excluding hydrogens is 382 g/mol. The van der Waals surface area contributed by atoms with Gasteiger partial charge in [0, 0.05) is 11.6 Å². The van der Waals surface area contributed by atoms with Gasteiger partial charge >= 0.3 is 0 Å². The zero-order valence-corrected chi connectivity index (χ0v) is 16.9. The number of nitrogens with one attached hydrogen (secondary N) is 1. The van der Waals surface area contributed by atoms with Gasteiger partial charge in [-0.05, 0) is 42.3 Å². The van der Waals surface area contributed by atoms with Gasteiger partial charge in [0.15, 0.2) is 0 Å². The zero-order valence-electron chi connectivity index (χ0n) is 16.2. The van der Waals surface area contributed by atoms with Crippen LogP contribution < -0.4 is 5.32 Å². The lowest BCUT2D eigenvalue weighted by atomic mass is 10.1. The molecule has 0 saturated carbocycles. The van der Waals surface area contributed by atoms with E-state index in [2.05, 4.69) is 28.1 Å². The number of para-hydroxylation sites is 2. The number of hydrogen-bond acceptors (Lipinski definition) is 2. The van der Waals surface area contributed by atoms with Crippen LogP contribution in [0.15, 0.2) is 78.9 Å². The van der Waals surface area contributed by atoms with Crippen LogP contribution in [0.4, 0.5) is 0 Å². The molecule has 1 aromatic heterocycles. The summed E-state index contributed by atoms with van der Waals surface area (Å²) in [5.41, 5.74) is 4.11. The first-order valence-corrected chi connectivity index (χ1v) is 10.0. The van der Waals surface area contributed by atoms with Gasteiger partial charge in [0.2, 0.25) is 5.91 Å². The van der Waals surface area contributed by atoms with E-state index in [4.69, 9.17) is 16.6 Å². The van der Waals surface area contributed by atoms with Crippen LogP contribution in [0.1, 0.15) is 29.9 Å². The molecule has 0 saturated heterocycles. The Labute approximate surface area is 175 Å². The van der Waals surface area contributed by atoms with E-state index in [1.54, 1.807) is 12.1 Å². The maximum absolute atomic E-state index is 12.6. The second-order valence-electron chi connectivity index (χ2n) is 7.12. The summed E-state index contributed by atoms with van der Waals surface area (Å²) in [6, 6.07) is 25.5. The third-order valence-corrected chi connectivity index (χ3v) is 5.16. The minimum Gasteiger partial charge on any atom is -0.346 e. The molecule has 0 radical (unpaired) electrons. The molecule has 0 aliphatic rings. The standard InChI is InChI=1S/C24H22ClN3O/c1-17(26-23(29)15-18-11-13-20(25)14-12-18)24-27-21-9-5-6-10-22(21)28(24)16-19-7-3-2-4-8-19/h2-14,17H,15-16H2,1H3,(H,26,29). The lowest BCUT2D eigenvalue weighted by Gasteiger charge is -2.16. The number of imidazole rings is 1. The number of nitrogens with zero attached hydrogens (tertiary/aromatic N) is 2. The van der Waals surface area contributed by atoms with Gasteiger partial charge in [-0.1, -0.05) is 66.2 Å². The van der Waals surface area contributed by atoms with Crippen molar-refractivity contribution in [3.8, 4) is 0 Å². The predicted octanol–water partition coefficient (Wildman–Crippen LogP) is 5.16. The van der Waals surface area contributed by atoms with Gasteiger partial charge < -0.3 is 9.88 Å². The average Bonchev–Trinajstić information content (AvgIpc) is 3.09. The average molecular weight is 404 g/mol.